The molecule has 1 heterocycles. The lowest BCUT2D eigenvalue weighted by Gasteiger charge is -2.02. The molecule has 0 spiro atoms. The molecule has 0 aliphatic carbocycles. The summed E-state index contributed by atoms with van der Waals surface area (Å²) in [6.45, 7) is 5.74. The van der Waals surface area contributed by atoms with E-state index in [-0.39, 0.29) is 18.0 Å². The number of carbonyl (C=O) groups is 1. The van der Waals surface area contributed by atoms with E-state index < -0.39 is 0 Å². The van der Waals surface area contributed by atoms with Gasteiger partial charge < -0.3 is 4.74 Å². The molecule has 2 nitrogen and oxygen atoms in total. The Morgan fingerprint density at radius 3 is 2.92 bits per heavy atom. The number of cyclic esters (lactones) is 1. The number of esters is 1. The second-order valence-corrected chi connectivity index (χ2v) is 4.19. The summed E-state index contributed by atoms with van der Waals surface area (Å²) in [6, 6.07) is 0. The molecule has 0 bridgehead atoms. The predicted molar refractivity (Wildman–Crippen MR) is 56.3 cm³/mol. The third kappa shape index (κ3) is 2.47. The maximum atomic E-state index is 11.2. The Hall–Kier alpha value is -0.0600. The van der Waals surface area contributed by atoms with Gasteiger partial charge in [-0.3, -0.25) is 4.79 Å². The minimum absolute atomic E-state index is 0.0420. The van der Waals surface area contributed by atoms with Gasteiger partial charge in [-0.2, -0.15) is 0 Å². The smallest absolute Gasteiger partial charge is 0.309 e. The Morgan fingerprint density at radius 2 is 2.50 bits per heavy atom. The zero-order chi connectivity index (χ0) is 9.14. The van der Waals surface area contributed by atoms with Gasteiger partial charge in [-0.1, -0.05) is 28.2 Å². The first-order valence-corrected chi connectivity index (χ1v) is 5.57. The fourth-order valence-corrected chi connectivity index (χ4v) is 1.94. The molecule has 12 heavy (non-hydrogen) atoms. The van der Waals surface area contributed by atoms with Gasteiger partial charge in [0.25, 0.3) is 0 Å². The Kier molecular flexibility index (Phi) is 3.55. The molecular formula is C9H13IO2. The molecule has 68 valence electrons. The number of halogens is 1. The minimum Gasteiger partial charge on any atom is -0.461 e. The molecule has 1 aliphatic rings. The quantitative estimate of drug-likeness (QED) is 0.343. The summed E-state index contributed by atoms with van der Waals surface area (Å²) in [6.07, 6.45) is 1.79. The number of hydrogen-bond donors (Lipinski definition) is 0. The van der Waals surface area contributed by atoms with E-state index in [4.69, 9.17) is 4.74 Å². The van der Waals surface area contributed by atoms with Crippen LogP contribution in [0.5, 0.6) is 0 Å². The van der Waals surface area contributed by atoms with Crippen LogP contribution in [0.4, 0.5) is 0 Å². The molecule has 1 fully saturated rings. The van der Waals surface area contributed by atoms with Crippen LogP contribution in [-0.4, -0.2) is 16.5 Å². The molecule has 0 aromatic heterocycles. The van der Waals surface area contributed by atoms with Crippen molar-refractivity contribution in [2.75, 3.05) is 4.43 Å². The monoisotopic (exact) mass is 280 g/mol. The van der Waals surface area contributed by atoms with Crippen LogP contribution in [0.2, 0.25) is 0 Å². The molecule has 1 rings (SSSR count). The molecule has 0 N–H and O–H groups in total. The Bertz CT molecular complexity index is 201. The average Bonchev–Trinajstić information content (AvgIpc) is 2.31. The van der Waals surface area contributed by atoms with Gasteiger partial charge in [0.1, 0.15) is 6.10 Å². The van der Waals surface area contributed by atoms with Crippen LogP contribution in [0.3, 0.4) is 0 Å². The maximum absolute atomic E-state index is 11.2. The summed E-state index contributed by atoms with van der Waals surface area (Å²) in [7, 11) is 0. The van der Waals surface area contributed by atoms with Crippen LogP contribution in [0.25, 0.3) is 0 Å². The van der Waals surface area contributed by atoms with Gasteiger partial charge in [0.05, 0.1) is 5.92 Å². The van der Waals surface area contributed by atoms with E-state index in [1.165, 1.54) is 0 Å². The molecule has 0 saturated carbocycles. The van der Waals surface area contributed by atoms with Crippen molar-refractivity contribution in [1.82, 2.24) is 0 Å². The SMILES string of the molecule is C=C(C)C[C@@H]1C[C@H](CI)OC1=O. The van der Waals surface area contributed by atoms with E-state index in [0.29, 0.717) is 0 Å². The fourth-order valence-electron chi connectivity index (χ4n) is 1.40. The Labute approximate surface area is 86.5 Å². The molecule has 0 amide bonds. The number of hydrogen-bond acceptors (Lipinski definition) is 2. The molecule has 2 atom stereocenters. The van der Waals surface area contributed by atoms with Crippen molar-refractivity contribution in [1.29, 1.82) is 0 Å². The third-order valence-corrected chi connectivity index (χ3v) is 2.91. The second kappa shape index (κ2) is 4.25. The summed E-state index contributed by atoms with van der Waals surface area (Å²) in [4.78, 5) is 11.2. The van der Waals surface area contributed by atoms with Crippen molar-refractivity contribution < 1.29 is 9.53 Å². The fraction of sp³-hybridized carbons (Fsp3) is 0.667. The maximum Gasteiger partial charge on any atom is 0.309 e. The Morgan fingerprint density at radius 1 is 1.83 bits per heavy atom. The molecule has 3 heteroatoms. The van der Waals surface area contributed by atoms with Gasteiger partial charge in [-0.25, -0.2) is 0 Å². The third-order valence-electron chi connectivity index (χ3n) is 1.93. The summed E-state index contributed by atoms with van der Waals surface area (Å²) >= 11 is 2.24. The summed E-state index contributed by atoms with van der Waals surface area (Å²) < 4.78 is 6.04. The van der Waals surface area contributed by atoms with E-state index in [0.717, 1.165) is 22.8 Å². The number of rotatable bonds is 3. The number of allylic oxidation sites excluding steroid dienone is 1. The first-order valence-electron chi connectivity index (χ1n) is 4.04. The lowest BCUT2D eigenvalue weighted by molar-refractivity contribution is -0.143. The van der Waals surface area contributed by atoms with E-state index in [2.05, 4.69) is 29.2 Å². The van der Waals surface area contributed by atoms with Crippen molar-refractivity contribution in [2.45, 2.75) is 25.9 Å². The van der Waals surface area contributed by atoms with Gasteiger partial charge >= 0.3 is 5.97 Å². The summed E-state index contributed by atoms with van der Waals surface area (Å²) in [5.41, 5.74) is 1.06. The Balaban J connectivity index is 2.46. The zero-order valence-corrected chi connectivity index (χ0v) is 9.34. The standard InChI is InChI=1S/C9H13IO2/c1-6(2)3-7-4-8(5-10)12-9(7)11/h7-8H,1,3-5H2,2H3/t7-,8-/m1/s1. The highest BCUT2D eigenvalue weighted by Crippen LogP contribution is 2.27. The van der Waals surface area contributed by atoms with Crippen LogP contribution >= 0.6 is 22.6 Å². The predicted octanol–water partition coefficient (Wildman–Crippen LogP) is 2.32. The van der Waals surface area contributed by atoms with Crippen molar-refractivity contribution >= 4 is 28.6 Å². The normalized spacial score (nSPS) is 28.7. The highest BCUT2D eigenvalue weighted by atomic mass is 127. The highest BCUT2D eigenvalue weighted by Gasteiger charge is 2.33. The highest BCUT2D eigenvalue weighted by molar-refractivity contribution is 14.1. The molecule has 1 aliphatic heterocycles. The molecular weight excluding hydrogens is 267 g/mol. The van der Waals surface area contributed by atoms with Crippen LogP contribution in [0.1, 0.15) is 19.8 Å². The summed E-state index contributed by atoms with van der Waals surface area (Å²) in [5.74, 6) is 0.0296. The van der Waals surface area contributed by atoms with Gasteiger partial charge in [-0.05, 0) is 19.8 Å². The minimum atomic E-state index is -0.0420. The van der Waals surface area contributed by atoms with E-state index >= 15 is 0 Å². The van der Waals surface area contributed by atoms with Crippen molar-refractivity contribution in [3.05, 3.63) is 12.2 Å². The van der Waals surface area contributed by atoms with Crippen molar-refractivity contribution in [2.24, 2.45) is 5.92 Å². The molecule has 0 radical (unpaired) electrons. The van der Waals surface area contributed by atoms with Gasteiger partial charge in [0.2, 0.25) is 0 Å². The van der Waals surface area contributed by atoms with Crippen molar-refractivity contribution in [3.8, 4) is 0 Å². The number of carbonyl (C=O) groups excluding carboxylic acids is 1. The molecule has 1 saturated heterocycles. The topological polar surface area (TPSA) is 26.3 Å². The second-order valence-electron chi connectivity index (χ2n) is 3.31. The van der Waals surface area contributed by atoms with E-state index in [1.807, 2.05) is 6.92 Å². The van der Waals surface area contributed by atoms with Gasteiger partial charge in [0, 0.05) is 4.43 Å². The number of alkyl halides is 1. The van der Waals surface area contributed by atoms with Crippen LogP contribution in [0, 0.1) is 5.92 Å². The van der Waals surface area contributed by atoms with Crippen LogP contribution < -0.4 is 0 Å². The van der Waals surface area contributed by atoms with E-state index in [1.54, 1.807) is 0 Å². The van der Waals surface area contributed by atoms with Crippen LogP contribution in [0.15, 0.2) is 12.2 Å². The lowest BCUT2D eigenvalue weighted by Crippen LogP contribution is -2.07. The first-order chi connectivity index (χ1) is 5.63. The van der Waals surface area contributed by atoms with E-state index in [9.17, 15) is 4.79 Å². The van der Waals surface area contributed by atoms with Gasteiger partial charge in [-0.15, -0.1) is 6.58 Å². The van der Waals surface area contributed by atoms with Crippen LogP contribution in [-0.2, 0) is 9.53 Å². The zero-order valence-electron chi connectivity index (χ0n) is 7.18. The van der Waals surface area contributed by atoms with Crippen molar-refractivity contribution in [3.63, 3.8) is 0 Å². The molecule has 0 aromatic rings. The first kappa shape index (κ1) is 10.0. The lowest BCUT2D eigenvalue weighted by atomic mass is 9.98. The van der Waals surface area contributed by atoms with Gasteiger partial charge in [0.15, 0.2) is 0 Å². The average molecular weight is 280 g/mol. The number of ether oxygens (including phenoxy) is 1. The molecule has 0 aromatic carbocycles. The largest absolute Gasteiger partial charge is 0.461 e. The summed E-state index contributed by atoms with van der Waals surface area (Å²) in [5, 5.41) is 0. The molecule has 0 unspecified atom stereocenters.